The highest BCUT2D eigenvalue weighted by atomic mass is 32.2. The van der Waals surface area contributed by atoms with Gasteiger partial charge in [-0.1, -0.05) is 30.2 Å². The highest BCUT2D eigenvalue weighted by Gasteiger charge is 2.28. The number of carboxylic acid groups (broad SMARTS) is 1. The number of ether oxygens (including phenoxy) is 1. The second-order valence-corrected chi connectivity index (χ2v) is 11.9. The van der Waals surface area contributed by atoms with Gasteiger partial charge in [-0.05, 0) is 69.2 Å². The summed E-state index contributed by atoms with van der Waals surface area (Å²) in [5.41, 5.74) is 2.54. The van der Waals surface area contributed by atoms with Crippen LogP contribution in [0.1, 0.15) is 46.6 Å². The standard InChI is InChI=1S/C30H31N5O6S/c1-19-9-12-24(13-10-19)35-29(20(2)27(34-35)30(37)38)41-25-14-11-23(33-28(36)21-6-5-7-21)18-26(25)42(39,40)32-17-15-22-8-3-4-16-31-22/h3-4,8-14,16,18,21,32H,5-7,15,17H2,1-2H3,(H,33,36)(H,37,38). The SMILES string of the molecule is Cc1ccc(-n2nc(C(=O)O)c(C)c2Oc2ccc(NC(=O)C3CCC3)cc2S(=O)(=O)NCCc2ccccn2)cc1. The Labute approximate surface area is 243 Å². The molecule has 3 N–H and O–H groups in total. The molecule has 5 rings (SSSR count). The van der Waals surface area contributed by atoms with Gasteiger partial charge in [-0.15, -0.1) is 0 Å². The van der Waals surface area contributed by atoms with Crippen LogP contribution in [0.5, 0.6) is 11.6 Å². The van der Waals surface area contributed by atoms with Crippen LogP contribution in [0.4, 0.5) is 5.69 Å². The topological polar surface area (TPSA) is 153 Å². The van der Waals surface area contributed by atoms with Gasteiger partial charge in [-0.3, -0.25) is 9.78 Å². The number of nitrogens with zero attached hydrogens (tertiary/aromatic N) is 3. The van der Waals surface area contributed by atoms with Crippen molar-refractivity contribution < 1.29 is 27.9 Å². The number of pyridine rings is 1. The monoisotopic (exact) mass is 589 g/mol. The first-order valence-electron chi connectivity index (χ1n) is 13.5. The zero-order valence-corrected chi connectivity index (χ0v) is 24.0. The fourth-order valence-corrected chi connectivity index (χ4v) is 5.68. The molecule has 11 nitrogen and oxygen atoms in total. The summed E-state index contributed by atoms with van der Waals surface area (Å²) in [7, 11) is -4.16. The van der Waals surface area contributed by atoms with Gasteiger partial charge in [0.25, 0.3) is 0 Å². The summed E-state index contributed by atoms with van der Waals surface area (Å²) in [4.78, 5) is 28.6. The molecule has 0 saturated heterocycles. The van der Waals surface area contributed by atoms with Gasteiger partial charge in [0, 0.05) is 42.0 Å². The molecule has 218 valence electrons. The molecule has 0 bridgehead atoms. The molecule has 1 aliphatic rings. The number of hydrogen-bond donors (Lipinski definition) is 3. The average molecular weight is 590 g/mol. The average Bonchev–Trinajstić information content (AvgIpc) is 3.25. The van der Waals surface area contributed by atoms with E-state index in [1.165, 1.54) is 16.8 Å². The quantitative estimate of drug-likeness (QED) is 0.229. The lowest BCUT2D eigenvalue weighted by atomic mass is 9.85. The number of rotatable bonds is 11. The normalized spacial score (nSPS) is 13.4. The largest absolute Gasteiger partial charge is 0.476 e. The van der Waals surface area contributed by atoms with Crippen LogP contribution in [0.3, 0.4) is 0 Å². The Kier molecular flexibility index (Phi) is 8.36. The third kappa shape index (κ3) is 6.34. The molecular weight excluding hydrogens is 558 g/mol. The second-order valence-electron chi connectivity index (χ2n) is 10.2. The van der Waals surface area contributed by atoms with Crippen LogP contribution < -0.4 is 14.8 Å². The number of amides is 1. The molecular formula is C30H31N5O6S. The van der Waals surface area contributed by atoms with E-state index in [4.69, 9.17) is 4.74 Å². The molecule has 1 fully saturated rings. The number of benzene rings is 2. The van der Waals surface area contributed by atoms with E-state index in [-0.39, 0.29) is 46.2 Å². The maximum Gasteiger partial charge on any atom is 0.356 e. The Morgan fingerprint density at radius 2 is 1.83 bits per heavy atom. The molecule has 0 atom stereocenters. The van der Waals surface area contributed by atoms with Gasteiger partial charge in [0.05, 0.1) is 5.69 Å². The maximum atomic E-state index is 13.6. The lowest BCUT2D eigenvalue weighted by Gasteiger charge is -2.24. The van der Waals surface area contributed by atoms with E-state index in [2.05, 4.69) is 20.1 Å². The molecule has 2 aromatic carbocycles. The minimum atomic E-state index is -4.16. The predicted octanol–water partition coefficient (Wildman–Crippen LogP) is 4.63. The van der Waals surface area contributed by atoms with Crippen LogP contribution in [0.15, 0.2) is 71.8 Å². The van der Waals surface area contributed by atoms with Gasteiger partial charge in [0.1, 0.15) is 10.6 Å². The van der Waals surface area contributed by atoms with Crippen molar-refractivity contribution in [2.24, 2.45) is 5.92 Å². The van der Waals surface area contributed by atoms with Gasteiger partial charge in [0.2, 0.25) is 21.8 Å². The lowest BCUT2D eigenvalue weighted by Crippen LogP contribution is -2.29. The van der Waals surface area contributed by atoms with Crippen LogP contribution in [-0.2, 0) is 21.2 Å². The summed E-state index contributed by atoms with van der Waals surface area (Å²) in [6.07, 6.45) is 4.56. The number of nitrogens with one attached hydrogen (secondary N) is 2. The van der Waals surface area contributed by atoms with Crippen molar-refractivity contribution in [2.45, 2.75) is 44.4 Å². The summed E-state index contributed by atoms with van der Waals surface area (Å²) in [6, 6.07) is 16.9. The molecule has 2 aromatic heterocycles. The van der Waals surface area contributed by atoms with Crippen molar-refractivity contribution in [1.82, 2.24) is 19.5 Å². The predicted molar refractivity (Wildman–Crippen MR) is 156 cm³/mol. The Bertz CT molecular complexity index is 1720. The molecule has 0 radical (unpaired) electrons. The smallest absolute Gasteiger partial charge is 0.356 e. The van der Waals surface area contributed by atoms with E-state index in [0.29, 0.717) is 17.8 Å². The number of hydrogen-bond acceptors (Lipinski definition) is 7. The number of anilines is 1. The Balaban J connectivity index is 1.51. The van der Waals surface area contributed by atoms with Crippen LogP contribution >= 0.6 is 0 Å². The van der Waals surface area contributed by atoms with Crippen molar-refractivity contribution >= 4 is 27.6 Å². The van der Waals surface area contributed by atoms with Gasteiger partial charge in [-0.25, -0.2) is 17.9 Å². The summed E-state index contributed by atoms with van der Waals surface area (Å²) < 4.78 is 37.3. The molecule has 1 aliphatic carbocycles. The summed E-state index contributed by atoms with van der Waals surface area (Å²) in [5.74, 6) is -1.52. The fourth-order valence-electron chi connectivity index (χ4n) is 4.50. The van der Waals surface area contributed by atoms with Crippen LogP contribution in [-0.4, -0.2) is 46.7 Å². The number of aryl methyl sites for hydroxylation is 1. The van der Waals surface area contributed by atoms with E-state index in [9.17, 15) is 23.1 Å². The van der Waals surface area contributed by atoms with Gasteiger partial charge in [-0.2, -0.15) is 9.78 Å². The highest BCUT2D eigenvalue weighted by molar-refractivity contribution is 7.89. The van der Waals surface area contributed by atoms with E-state index < -0.39 is 16.0 Å². The summed E-state index contributed by atoms with van der Waals surface area (Å²) in [5, 5.41) is 16.8. The number of carbonyl (C=O) groups excluding carboxylic acids is 1. The zero-order valence-electron chi connectivity index (χ0n) is 23.2. The molecule has 1 saturated carbocycles. The van der Waals surface area contributed by atoms with Crippen LogP contribution in [0, 0.1) is 19.8 Å². The van der Waals surface area contributed by atoms with Crippen molar-refractivity contribution in [3.8, 4) is 17.3 Å². The first-order valence-corrected chi connectivity index (χ1v) is 15.0. The van der Waals surface area contributed by atoms with E-state index >= 15 is 0 Å². The van der Waals surface area contributed by atoms with E-state index in [1.807, 2.05) is 25.1 Å². The summed E-state index contributed by atoms with van der Waals surface area (Å²) in [6.45, 7) is 3.53. The van der Waals surface area contributed by atoms with Crippen molar-refractivity contribution in [1.29, 1.82) is 0 Å². The molecule has 0 aliphatic heterocycles. The van der Waals surface area contributed by atoms with Crippen molar-refractivity contribution in [3.05, 3.63) is 89.4 Å². The Hall–Kier alpha value is -4.55. The molecule has 2 heterocycles. The first kappa shape index (κ1) is 29.0. The first-order chi connectivity index (χ1) is 20.1. The number of carboxylic acids is 1. The molecule has 12 heteroatoms. The number of aromatic nitrogens is 3. The minimum Gasteiger partial charge on any atom is -0.476 e. The fraction of sp³-hybridized carbons (Fsp3) is 0.267. The van der Waals surface area contributed by atoms with Crippen LogP contribution in [0.2, 0.25) is 0 Å². The molecule has 0 spiro atoms. The molecule has 0 unspecified atom stereocenters. The number of aromatic carboxylic acids is 1. The molecule has 4 aromatic rings. The Morgan fingerprint density at radius 3 is 2.48 bits per heavy atom. The lowest BCUT2D eigenvalue weighted by molar-refractivity contribution is -0.122. The highest BCUT2D eigenvalue weighted by Crippen LogP contribution is 2.36. The third-order valence-corrected chi connectivity index (χ3v) is 8.61. The van der Waals surface area contributed by atoms with Gasteiger partial charge in [0.15, 0.2) is 5.69 Å². The second kappa shape index (κ2) is 12.1. The van der Waals surface area contributed by atoms with Crippen LogP contribution in [0.25, 0.3) is 5.69 Å². The Morgan fingerprint density at radius 1 is 1.07 bits per heavy atom. The third-order valence-electron chi connectivity index (χ3n) is 7.13. The molecule has 42 heavy (non-hydrogen) atoms. The van der Waals surface area contributed by atoms with Crippen molar-refractivity contribution in [3.63, 3.8) is 0 Å². The molecule has 1 amide bonds. The maximum absolute atomic E-state index is 13.6. The van der Waals surface area contributed by atoms with Gasteiger partial charge < -0.3 is 15.2 Å². The summed E-state index contributed by atoms with van der Waals surface area (Å²) >= 11 is 0. The minimum absolute atomic E-state index is 0.0486. The zero-order chi connectivity index (χ0) is 29.9. The van der Waals surface area contributed by atoms with E-state index in [0.717, 1.165) is 30.5 Å². The van der Waals surface area contributed by atoms with E-state index in [1.54, 1.807) is 43.5 Å². The van der Waals surface area contributed by atoms with Crippen molar-refractivity contribution in [2.75, 3.05) is 11.9 Å². The number of sulfonamides is 1. The van der Waals surface area contributed by atoms with Gasteiger partial charge >= 0.3 is 5.97 Å². The number of carbonyl (C=O) groups is 2.